The molecule has 34 heavy (non-hydrogen) atoms. The minimum absolute atomic E-state index is 0.520. The van der Waals surface area contributed by atoms with Crippen molar-refractivity contribution in [1.29, 1.82) is 0 Å². The molecule has 3 rings (SSSR count). The van der Waals surface area contributed by atoms with Gasteiger partial charge in [-0.2, -0.15) is 0 Å². The van der Waals surface area contributed by atoms with E-state index >= 15 is 0 Å². The number of carboxylic acids is 1. The SMILES string of the molecule is COc1ccc(Oc2cccc(C=O)c2)cc1.NC1CCCCC1.NCCCCC(N)C(=O)O. The first-order chi connectivity index (χ1) is 16.4. The van der Waals surface area contributed by atoms with Crippen LogP contribution in [0.4, 0.5) is 0 Å². The maximum absolute atomic E-state index is 10.6. The Hall–Kier alpha value is -2.94. The molecule has 0 heterocycles. The molecule has 2 aromatic carbocycles. The van der Waals surface area contributed by atoms with Crippen molar-refractivity contribution in [3.8, 4) is 17.2 Å². The van der Waals surface area contributed by atoms with Gasteiger partial charge in [0.2, 0.25) is 0 Å². The third kappa shape index (κ3) is 12.9. The number of benzene rings is 2. The number of rotatable bonds is 9. The van der Waals surface area contributed by atoms with Gasteiger partial charge in [-0.15, -0.1) is 0 Å². The Labute approximate surface area is 202 Å². The van der Waals surface area contributed by atoms with Crippen LogP contribution in [0, 0.1) is 0 Å². The quantitative estimate of drug-likeness (QED) is 0.314. The average Bonchev–Trinajstić information content (AvgIpc) is 2.86. The highest BCUT2D eigenvalue weighted by Gasteiger charge is 2.09. The number of carboxylic acid groups (broad SMARTS) is 1. The van der Waals surface area contributed by atoms with E-state index in [1.54, 1.807) is 31.4 Å². The van der Waals surface area contributed by atoms with Gasteiger partial charge >= 0.3 is 5.97 Å². The van der Waals surface area contributed by atoms with Crippen LogP contribution in [0.25, 0.3) is 0 Å². The summed E-state index contributed by atoms with van der Waals surface area (Å²) in [4.78, 5) is 20.8. The van der Waals surface area contributed by atoms with Gasteiger partial charge < -0.3 is 31.8 Å². The Bertz CT molecular complexity index is 823. The average molecular weight is 474 g/mol. The summed E-state index contributed by atoms with van der Waals surface area (Å²) in [6.45, 7) is 0.604. The lowest BCUT2D eigenvalue weighted by atomic mass is 9.97. The number of carbonyl (C=O) groups is 2. The van der Waals surface area contributed by atoms with Gasteiger partial charge in [-0.05, 0) is 68.6 Å². The first-order valence-electron chi connectivity index (χ1n) is 11.7. The molecule has 0 saturated heterocycles. The van der Waals surface area contributed by atoms with E-state index in [0.29, 0.717) is 36.1 Å². The van der Waals surface area contributed by atoms with Crippen LogP contribution in [0.3, 0.4) is 0 Å². The van der Waals surface area contributed by atoms with Gasteiger partial charge in [0.25, 0.3) is 0 Å². The van der Waals surface area contributed by atoms with Gasteiger partial charge in [0, 0.05) is 11.6 Å². The van der Waals surface area contributed by atoms with Crippen LogP contribution >= 0.6 is 0 Å². The molecule has 1 aliphatic rings. The second-order valence-electron chi connectivity index (χ2n) is 8.10. The molecule has 1 fully saturated rings. The zero-order valence-corrected chi connectivity index (χ0v) is 20.0. The van der Waals surface area contributed by atoms with E-state index in [-0.39, 0.29) is 0 Å². The zero-order valence-electron chi connectivity index (χ0n) is 20.0. The van der Waals surface area contributed by atoms with Crippen molar-refractivity contribution in [3.63, 3.8) is 0 Å². The second-order valence-corrected chi connectivity index (χ2v) is 8.10. The molecule has 1 aliphatic carbocycles. The molecule has 7 N–H and O–H groups in total. The largest absolute Gasteiger partial charge is 0.497 e. The number of hydrogen-bond acceptors (Lipinski definition) is 7. The molecule has 0 radical (unpaired) electrons. The topological polar surface area (TPSA) is 151 Å². The van der Waals surface area contributed by atoms with Crippen LogP contribution in [0.5, 0.6) is 17.2 Å². The fraction of sp³-hybridized carbons (Fsp3) is 0.462. The van der Waals surface area contributed by atoms with E-state index < -0.39 is 12.0 Å². The number of aliphatic carboxylic acids is 1. The maximum Gasteiger partial charge on any atom is 0.320 e. The predicted octanol–water partition coefficient (Wildman–Crippen LogP) is 4.11. The van der Waals surface area contributed by atoms with Crippen molar-refractivity contribution in [3.05, 3.63) is 54.1 Å². The number of nitrogens with two attached hydrogens (primary N) is 3. The molecule has 8 nitrogen and oxygen atoms in total. The van der Waals surface area contributed by atoms with Crippen molar-refractivity contribution in [2.24, 2.45) is 17.2 Å². The van der Waals surface area contributed by atoms with Crippen LogP contribution in [0.1, 0.15) is 61.7 Å². The molecule has 188 valence electrons. The molecule has 0 bridgehead atoms. The molecule has 8 heteroatoms. The van der Waals surface area contributed by atoms with Gasteiger partial charge in [-0.1, -0.05) is 37.8 Å². The summed E-state index contributed by atoms with van der Waals surface area (Å²) in [6.07, 6.45) is 9.62. The monoisotopic (exact) mass is 473 g/mol. The normalized spacial score (nSPS) is 13.9. The first-order valence-corrected chi connectivity index (χ1v) is 11.7. The molecule has 1 atom stereocenters. The summed E-state index contributed by atoms with van der Waals surface area (Å²) in [7, 11) is 1.61. The number of unbranched alkanes of at least 4 members (excludes halogenated alkanes) is 1. The Balaban J connectivity index is 0.000000288. The fourth-order valence-electron chi connectivity index (χ4n) is 3.20. The van der Waals surface area contributed by atoms with Gasteiger partial charge in [-0.25, -0.2) is 0 Å². The summed E-state index contributed by atoms with van der Waals surface area (Å²) >= 11 is 0. The molecule has 0 spiro atoms. The number of hydrogen-bond donors (Lipinski definition) is 4. The lowest BCUT2D eigenvalue weighted by Crippen LogP contribution is -2.29. The Kier molecular flexibility index (Phi) is 15.0. The van der Waals surface area contributed by atoms with Crippen molar-refractivity contribution < 1.29 is 24.2 Å². The molecule has 1 unspecified atom stereocenters. The van der Waals surface area contributed by atoms with Gasteiger partial charge in [0.15, 0.2) is 0 Å². The number of methoxy groups -OCH3 is 1. The van der Waals surface area contributed by atoms with Gasteiger partial charge in [0.05, 0.1) is 7.11 Å². The molecule has 0 amide bonds. The Morgan fingerprint density at radius 1 is 1.06 bits per heavy atom. The Morgan fingerprint density at radius 3 is 2.21 bits per heavy atom. The molecule has 0 aliphatic heterocycles. The minimum atomic E-state index is -0.933. The van der Waals surface area contributed by atoms with E-state index in [4.69, 9.17) is 31.8 Å². The summed E-state index contributed by atoms with van der Waals surface area (Å²) in [6, 6.07) is 14.1. The highest BCUT2D eigenvalue weighted by Crippen LogP contribution is 2.24. The third-order valence-corrected chi connectivity index (χ3v) is 5.23. The maximum atomic E-state index is 10.6. The number of carbonyl (C=O) groups excluding carboxylic acids is 1. The summed E-state index contributed by atoms with van der Waals surface area (Å²) < 4.78 is 10.7. The van der Waals surface area contributed by atoms with E-state index in [0.717, 1.165) is 24.9 Å². The molecule has 0 aromatic heterocycles. The van der Waals surface area contributed by atoms with Crippen LogP contribution in [0.2, 0.25) is 0 Å². The van der Waals surface area contributed by atoms with Crippen molar-refractivity contribution in [1.82, 2.24) is 0 Å². The van der Waals surface area contributed by atoms with Crippen molar-refractivity contribution in [2.45, 2.75) is 63.5 Å². The molecular weight excluding hydrogens is 434 g/mol. The van der Waals surface area contributed by atoms with Crippen molar-refractivity contribution >= 4 is 12.3 Å². The fourth-order valence-corrected chi connectivity index (χ4v) is 3.20. The second kappa shape index (κ2) is 17.5. The van der Waals surface area contributed by atoms with Crippen LogP contribution in [-0.2, 0) is 4.79 Å². The number of ether oxygens (including phenoxy) is 2. The van der Waals surface area contributed by atoms with Crippen LogP contribution < -0.4 is 26.7 Å². The minimum Gasteiger partial charge on any atom is -0.497 e. The first kappa shape index (κ1) is 29.1. The van der Waals surface area contributed by atoms with E-state index in [1.807, 2.05) is 24.3 Å². The molecule has 1 saturated carbocycles. The van der Waals surface area contributed by atoms with Gasteiger partial charge in [0.1, 0.15) is 29.6 Å². The third-order valence-electron chi connectivity index (χ3n) is 5.23. The molecule has 2 aromatic rings. The number of aldehydes is 1. The van der Waals surface area contributed by atoms with E-state index in [2.05, 4.69) is 0 Å². The molecular formula is C26H39N3O5. The smallest absolute Gasteiger partial charge is 0.320 e. The lowest BCUT2D eigenvalue weighted by molar-refractivity contribution is -0.138. The van der Waals surface area contributed by atoms with Gasteiger partial charge in [-0.3, -0.25) is 9.59 Å². The van der Waals surface area contributed by atoms with Crippen molar-refractivity contribution in [2.75, 3.05) is 13.7 Å². The lowest BCUT2D eigenvalue weighted by Gasteiger charge is -2.15. The highest BCUT2D eigenvalue weighted by molar-refractivity contribution is 5.75. The summed E-state index contributed by atoms with van der Waals surface area (Å²) in [5.74, 6) is 1.18. The standard InChI is InChI=1S/C14H12O3.C6H14N2O2.C6H13N/c1-16-12-5-7-13(8-6-12)17-14-4-2-3-11(9-14)10-15;7-4-2-1-3-5(8)6(9)10;7-6-4-2-1-3-5-6/h2-10H,1H3;5H,1-4,7-8H2,(H,9,10);6H,1-5,7H2. The predicted molar refractivity (Wildman–Crippen MR) is 134 cm³/mol. The van der Waals surface area contributed by atoms with Crippen LogP contribution in [-0.4, -0.2) is 43.1 Å². The summed E-state index contributed by atoms with van der Waals surface area (Å²) in [5.41, 5.74) is 16.6. The van der Waals surface area contributed by atoms with E-state index in [1.165, 1.54) is 32.1 Å². The summed E-state index contributed by atoms with van der Waals surface area (Å²) in [5, 5.41) is 8.33. The Morgan fingerprint density at radius 2 is 1.71 bits per heavy atom. The van der Waals surface area contributed by atoms with E-state index in [9.17, 15) is 9.59 Å². The highest BCUT2D eigenvalue weighted by atomic mass is 16.5. The zero-order chi connectivity index (χ0) is 25.2. The van der Waals surface area contributed by atoms with Crippen LogP contribution in [0.15, 0.2) is 48.5 Å².